The molecule has 0 aliphatic carbocycles. The highest BCUT2D eigenvalue weighted by Gasteiger charge is 2.37. The SMILES string of the molecule is O=C(Nc1cnccc1CN1CC(=O)N(c2ccc(SC(F)(F)F)cc2)C1=O)c1ccc(Cl)cc1. The van der Waals surface area contributed by atoms with Crippen LogP contribution in [0, 0.1) is 0 Å². The molecular weight excluding hydrogens is 505 g/mol. The van der Waals surface area contributed by atoms with Crippen molar-refractivity contribution in [1.29, 1.82) is 0 Å². The summed E-state index contributed by atoms with van der Waals surface area (Å²) in [5, 5.41) is 3.22. The van der Waals surface area contributed by atoms with Crippen molar-refractivity contribution in [1.82, 2.24) is 9.88 Å². The lowest BCUT2D eigenvalue weighted by molar-refractivity contribution is -0.116. The van der Waals surface area contributed by atoms with Crippen LogP contribution in [0.15, 0.2) is 71.9 Å². The number of hydrogen-bond acceptors (Lipinski definition) is 5. The smallest absolute Gasteiger partial charge is 0.320 e. The standard InChI is InChI=1S/C23H16ClF3N4O3S/c24-16-3-1-14(2-4-16)21(33)29-19-11-28-10-9-15(19)12-30-13-20(32)31(22(30)34)17-5-7-18(8-6-17)35-23(25,26)27/h1-11H,12-13H2,(H,29,33). The van der Waals surface area contributed by atoms with Crippen molar-refractivity contribution < 1.29 is 27.6 Å². The van der Waals surface area contributed by atoms with E-state index in [2.05, 4.69) is 10.3 Å². The van der Waals surface area contributed by atoms with Gasteiger partial charge >= 0.3 is 11.5 Å². The molecule has 35 heavy (non-hydrogen) atoms. The molecule has 1 saturated heterocycles. The minimum absolute atomic E-state index is 0.00182. The first-order valence-corrected chi connectivity index (χ1v) is 11.3. The molecule has 12 heteroatoms. The van der Waals surface area contributed by atoms with Gasteiger partial charge in [0.25, 0.3) is 11.8 Å². The van der Waals surface area contributed by atoms with Gasteiger partial charge in [0.05, 0.1) is 24.1 Å². The largest absolute Gasteiger partial charge is 0.446 e. The molecule has 4 rings (SSSR count). The van der Waals surface area contributed by atoms with Crippen LogP contribution < -0.4 is 10.2 Å². The number of urea groups is 1. The molecular formula is C23H16ClF3N4O3S. The van der Waals surface area contributed by atoms with E-state index in [0.717, 1.165) is 4.90 Å². The first-order chi connectivity index (χ1) is 16.6. The molecule has 7 nitrogen and oxygen atoms in total. The third kappa shape index (κ3) is 5.92. The fourth-order valence-electron chi connectivity index (χ4n) is 3.40. The molecule has 180 valence electrons. The number of pyridine rings is 1. The Labute approximate surface area is 206 Å². The van der Waals surface area contributed by atoms with E-state index < -0.39 is 23.4 Å². The second kappa shape index (κ2) is 9.96. The molecule has 0 atom stereocenters. The van der Waals surface area contributed by atoms with Crippen molar-refractivity contribution in [3.8, 4) is 0 Å². The summed E-state index contributed by atoms with van der Waals surface area (Å²) in [5.41, 5.74) is -3.00. The molecule has 0 unspecified atom stereocenters. The lowest BCUT2D eigenvalue weighted by Gasteiger charge is -2.19. The van der Waals surface area contributed by atoms with Gasteiger partial charge in [-0.05, 0) is 71.9 Å². The lowest BCUT2D eigenvalue weighted by atomic mass is 10.1. The van der Waals surface area contributed by atoms with Gasteiger partial charge in [-0.3, -0.25) is 14.6 Å². The number of anilines is 2. The maximum Gasteiger partial charge on any atom is 0.446 e. The quantitative estimate of drug-likeness (QED) is 0.339. The molecule has 0 radical (unpaired) electrons. The molecule has 1 N–H and O–H groups in total. The van der Waals surface area contributed by atoms with E-state index >= 15 is 0 Å². The molecule has 3 aromatic rings. The molecule has 0 saturated carbocycles. The summed E-state index contributed by atoms with van der Waals surface area (Å²) in [4.78, 5) is 44.2. The number of alkyl halides is 3. The fraction of sp³-hybridized carbons (Fsp3) is 0.130. The van der Waals surface area contributed by atoms with E-state index in [1.807, 2.05) is 0 Å². The predicted molar refractivity (Wildman–Crippen MR) is 125 cm³/mol. The highest BCUT2D eigenvalue weighted by Crippen LogP contribution is 2.37. The van der Waals surface area contributed by atoms with Gasteiger partial charge in [-0.25, -0.2) is 9.69 Å². The van der Waals surface area contributed by atoms with Crippen molar-refractivity contribution >= 4 is 52.6 Å². The lowest BCUT2D eigenvalue weighted by Crippen LogP contribution is -2.33. The molecule has 1 aliphatic rings. The van der Waals surface area contributed by atoms with Gasteiger partial charge in [0.15, 0.2) is 0 Å². The summed E-state index contributed by atoms with van der Waals surface area (Å²) in [6, 6.07) is 12.2. The molecule has 0 bridgehead atoms. The van der Waals surface area contributed by atoms with Crippen LogP contribution in [0.3, 0.4) is 0 Å². The highest BCUT2D eigenvalue weighted by atomic mass is 35.5. The van der Waals surface area contributed by atoms with E-state index in [9.17, 15) is 27.6 Å². The number of imide groups is 1. The van der Waals surface area contributed by atoms with Gasteiger partial charge in [0.1, 0.15) is 6.54 Å². The molecule has 2 heterocycles. The van der Waals surface area contributed by atoms with Crippen LogP contribution >= 0.6 is 23.4 Å². The number of benzene rings is 2. The van der Waals surface area contributed by atoms with Crippen LogP contribution in [0.25, 0.3) is 0 Å². The average molecular weight is 521 g/mol. The van der Waals surface area contributed by atoms with Gasteiger partial charge in [-0.1, -0.05) is 11.6 Å². The van der Waals surface area contributed by atoms with Crippen molar-refractivity contribution in [3.05, 3.63) is 83.1 Å². The van der Waals surface area contributed by atoms with Crippen LogP contribution in [0.1, 0.15) is 15.9 Å². The molecule has 0 spiro atoms. The van der Waals surface area contributed by atoms with Crippen molar-refractivity contribution in [2.24, 2.45) is 0 Å². The normalized spacial score (nSPS) is 13.9. The minimum atomic E-state index is -4.44. The summed E-state index contributed by atoms with van der Waals surface area (Å²) < 4.78 is 37.7. The number of carbonyl (C=O) groups is 3. The minimum Gasteiger partial charge on any atom is -0.320 e. The number of aromatic nitrogens is 1. The number of carbonyl (C=O) groups excluding carboxylic acids is 3. The maximum atomic E-state index is 13.0. The Balaban J connectivity index is 1.48. The van der Waals surface area contributed by atoms with E-state index in [0.29, 0.717) is 21.8 Å². The third-order valence-corrected chi connectivity index (χ3v) is 5.98. The number of nitrogens with zero attached hydrogens (tertiary/aromatic N) is 3. The van der Waals surface area contributed by atoms with E-state index in [1.54, 1.807) is 30.3 Å². The zero-order valence-electron chi connectivity index (χ0n) is 17.8. The summed E-state index contributed by atoms with van der Waals surface area (Å²) in [6.07, 6.45) is 2.92. The van der Waals surface area contributed by atoms with Crippen molar-refractivity contribution in [2.75, 3.05) is 16.8 Å². The third-order valence-electron chi connectivity index (χ3n) is 4.99. The van der Waals surface area contributed by atoms with Crippen molar-refractivity contribution in [3.63, 3.8) is 0 Å². The molecule has 1 fully saturated rings. The summed E-state index contributed by atoms with van der Waals surface area (Å²) in [7, 11) is 0. The molecule has 1 aliphatic heterocycles. The maximum absolute atomic E-state index is 13.0. The van der Waals surface area contributed by atoms with Crippen LogP contribution in [0.5, 0.6) is 0 Å². The summed E-state index contributed by atoms with van der Waals surface area (Å²) in [6.45, 7) is -0.230. The molecule has 1 aromatic heterocycles. The Morgan fingerprint density at radius 3 is 2.40 bits per heavy atom. The van der Waals surface area contributed by atoms with Crippen LogP contribution in [-0.4, -0.2) is 39.8 Å². The number of thioether (sulfide) groups is 1. The number of rotatable bonds is 6. The Morgan fingerprint density at radius 1 is 1.06 bits per heavy atom. The number of hydrogen-bond donors (Lipinski definition) is 1. The second-order valence-electron chi connectivity index (χ2n) is 7.40. The van der Waals surface area contributed by atoms with E-state index in [-0.39, 0.29) is 35.4 Å². The Morgan fingerprint density at radius 2 is 1.74 bits per heavy atom. The topological polar surface area (TPSA) is 82.6 Å². The monoisotopic (exact) mass is 520 g/mol. The zero-order valence-corrected chi connectivity index (χ0v) is 19.3. The van der Waals surface area contributed by atoms with Gasteiger partial charge in [-0.15, -0.1) is 0 Å². The van der Waals surface area contributed by atoms with Crippen LogP contribution in [-0.2, 0) is 11.3 Å². The number of nitrogens with one attached hydrogen (secondary N) is 1. The first-order valence-electron chi connectivity index (χ1n) is 10.1. The van der Waals surface area contributed by atoms with Gasteiger partial charge < -0.3 is 10.2 Å². The van der Waals surface area contributed by atoms with Crippen molar-refractivity contribution in [2.45, 2.75) is 16.9 Å². The van der Waals surface area contributed by atoms with Crippen LogP contribution in [0.2, 0.25) is 5.02 Å². The Kier molecular flexibility index (Phi) is 6.99. The highest BCUT2D eigenvalue weighted by molar-refractivity contribution is 8.00. The second-order valence-corrected chi connectivity index (χ2v) is 8.98. The Hall–Kier alpha value is -3.57. The number of halogens is 4. The fourth-order valence-corrected chi connectivity index (χ4v) is 4.07. The van der Waals surface area contributed by atoms with Gasteiger partial charge in [0.2, 0.25) is 0 Å². The van der Waals surface area contributed by atoms with Gasteiger partial charge in [0, 0.05) is 21.7 Å². The zero-order chi connectivity index (χ0) is 25.2. The summed E-state index contributed by atoms with van der Waals surface area (Å²) in [5.74, 6) is -0.926. The van der Waals surface area contributed by atoms with E-state index in [1.165, 1.54) is 41.6 Å². The molecule has 2 aromatic carbocycles. The van der Waals surface area contributed by atoms with E-state index in [4.69, 9.17) is 11.6 Å². The number of amides is 4. The average Bonchev–Trinajstić information content (AvgIpc) is 3.08. The Bertz CT molecular complexity index is 1270. The van der Waals surface area contributed by atoms with Gasteiger partial charge in [-0.2, -0.15) is 13.2 Å². The predicted octanol–water partition coefficient (Wildman–Crippen LogP) is 5.57. The summed E-state index contributed by atoms with van der Waals surface area (Å²) >= 11 is 5.57. The molecule has 4 amide bonds. The van der Waals surface area contributed by atoms with Crippen LogP contribution in [0.4, 0.5) is 29.3 Å². The first kappa shape index (κ1) is 24.6.